The van der Waals surface area contributed by atoms with Crippen LogP contribution >= 0.6 is 0 Å². The van der Waals surface area contributed by atoms with Crippen molar-refractivity contribution in [3.05, 3.63) is 53.6 Å². The van der Waals surface area contributed by atoms with Gasteiger partial charge in [0.2, 0.25) is 0 Å². The second kappa shape index (κ2) is 10.0. The second-order valence-corrected chi connectivity index (χ2v) is 5.86. The van der Waals surface area contributed by atoms with Crippen molar-refractivity contribution in [3.63, 3.8) is 0 Å². The van der Waals surface area contributed by atoms with Crippen molar-refractivity contribution >= 4 is 17.6 Å². The van der Waals surface area contributed by atoms with Crippen LogP contribution in [0.4, 0.5) is 0 Å². The number of para-hydroxylation sites is 1. The van der Waals surface area contributed by atoms with Gasteiger partial charge in [0.25, 0.3) is 0 Å². The smallest absolute Gasteiger partial charge is 0.311 e. The monoisotopic (exact) mass is 365 g/mol. The van der Waals surface area contributed by atoms with Crippen molar-refractivity contribution in [2.75, 3.05) is 14.2 Å². The molecule has 0 aliphatic rings. The average molecular weight is 365 g/mol. The van der Waals surface area contributed by atoms with E-state index in [2.05, 4.69) is 6.07 Å². The van der Waals surface area contributed by atoms with Gasteiger partial charge in [-0.25, -0.2) is 0 Å². The topological polar surface area (TPSA) is 68.6 Å². The fourth-order valence-corrected chi connectivity index (χ4v) is 2.56. The Balaban J connectivity index is 2.31. The summed E-state index contributed by atoms with van der Waals surface area (Å²) in [6.45, 7) is 2.02. The van der Waals surface area contributed by atoms with Gasteiger partial charge in [0, 0.05) is 12.0 Å². The van der Waals surface area contributed by atoms with Crippen molar-refractivity contribution in [1.82, 2.24) is 0 Å². The summed E-state index contributed by atoms with van der Waals surface area (Å²) in [5.41, 5.74) is 1.92. The van der Waals surface area contributed by atoms with Crippen molar-refractivity contribution < 1.29 is 19.0 Å². The van der Waals surface area contributed by atoms with Crippen molar-refractivity contribution in [2.24, 2.45) is 0 Å². The highest BCUT2D eigenvalue weighted by Crippen LogP contribution is 2.32. The summed E-state index contributed by atoms with van der Waals surface area (Å²) >= 11 is 0. The summed E-state index contributed by atoms with van der Waals surface area (Å²) in [4.78, 5) is 11.9. The molecular formula is C22H23NO4. The number of methoxy groups -OCH3 is 2. The minimum absolute atomic E-state index is 0.287. The van der Waals surface area contributed by atoms with Crippen LogP contribution in [0.1, 0.15) is 37.3 Å². The van der Waals surface area contributed by atoms with Gasteiger partial charge < -0.3 is 14.2 Å². The first kappa shape index (κ1) is 20.1. The van der Waals surface area contributed by atoms with E-state index in [1.54, 1.807) is 37.5 Å². The third-order valence-electron chi connectivity index (χ3n) is 3.97. The van der Waals surface area contributed by atoms with E-state index in [9.17, 15) is 10.1 Å². The largest absolute Gasteiger partial charge is 0.496 e. The van der Waals surface area contributed by atoms with Gasteiger partial charge in [-0.15, -0.1) is 0 Å². The molecule has 0 saturated heterocycles. The van der Waals surface area contributed by atoms with Gasteiger partial charge in [0.05, 0.1) is 25.9 Å². The molecule has 0 radical (unpaired) electrons. The zero-order valence-electron chi connectivity index (χ0n) is 15.8. The Hall–Kier alpha value is -3.26. The Kier molecular flexibility index (Phi) is 7.45. The Labute approximate surface area is 159 Å². The molecular weight excluding hydrogens is 342 g/mol. The second-order valence-electron chi connectivity index (χ2n) is 5.86. The molecule has 2 aromatic rings. The first-order valence-electron chi connectivity index (χ1n) is 8.76. The molecule has 5 heteroatoms. The first-order chi connectivity index (χ1) is 13.1. The summed E-state index contributed by atoms with van der Waals surface area (Å²) in [6.07, 6.45) is 3.82. The number of carbonyl (C=O) groups is 1. The van der Waals surface area contributed by atoms with E-state index < -0.39 is 0 Å². The molecule has 0 spiro atoms. The van der Waals surface area contributed by atoms with Crippen LogP contribution in [0.2, 0.25) is 0 Å². The number of ether oxygens (including phenoxy) is 3. The van der Waals surface area contributed by atoms with Crippen LogP contribution in [-0.4, -0.2) is 20.2 Å². The highest BCUT2D eigenvalue weighted by molar-refractivity contribution is 5.92. The number of nitriles is 1. The highest BCUT2D eigenvalue weighted by atomic mass is 16.6. The number of nitrogens with zero attached hydrogens (tertiary/aromatic N) is 1. The summed E-state index contributed by atoms with van der Waals surface area (Å²) in [5, 5.41) is 9.57. The minimum Gasteiger partial charge on any atom is -0.496 e. The molecule has 0 aliphatic heterocycles. The van der Waals surface area contributed by atoms with Gasteiger partial charge in [0.15, 0.2) is 11.5 Å². The van der Waals surface area contributed by atoms with Crippen LogP contribution in [0.25, 0.3) is 11.6 Å². The maximum absolute atomic E-state index is 11.9. The Morgan fingerprint density at radius 3 is 2.48 bits per heavy atom. The van der Waals surface area contributed by atoms with Gasteiger partial charge in [-0.3, -0.25) is 4.79 Å². The van der Waals surface area contributed by atoms with Crippen LogP contribution in [0.3, 0.4) is 0 Å². The van der Waals surface area contributed by atoms with E-state index in [-0.39, 0.29) is 5.97 Å². The van der Waals surface area contributed by atoms with Gasteiger partial charge >= 0.3 is 5.97 Å². The number of unbranched alkanes of at least 4 members (excludes halogenated alkanes) is 1. The molecule has 0 fully saturated rings. The lowest BCUT2D eigenvalue weighted by Gasteiger charge is -2.11. The molecule has 0 unspecified atom stereocenters. The van der Waals surface area contributed by atoms with E-state index in [1.165, 1.54) is 7.11 Å². The number of rotatable bonds is 8. The molecule has 2 rings (SSSR count). The van der Waals surface area contributed by atoms with Gasteiger partial charge in [-0.05, 0) is 42.3 Å². The first-order valence-corrected chi connectivity index (χ1v) is 8.76. The zero-order chi connectivity index (χ0) is 19.6. The van der Waals surface area contributed by atoms with E-state index in [0.717, 1.165) is 18.4 Å². The van der Waals surface area contributed by atoms with Crippen LogP contribution < -0.4 is 14.2 Å². The number of benzene rings is 2. The van der Waals surface area contributed by atoms with E-state index in [1.807, 2.05) is 25.1 Å². The number of allylic oxidation sites excluding steroid dienone is 1. The molecule has 27 heavy (non-hydrogen) atoms. The highest BCUT2D eigenvalue weighted by Gasteiger charge is 2.12. The standard InChI is InChI=1S/C22H23NO4/c1-4-5-10-22(24)27-20-12-11-16(14-21(20)26-3)13-17(15-23)18-8-6-7-9-19(18)25-2/h6-9,11-14H,4-5,10H2,1-3H3/b17-13-. The van der Waals surface area contributed by atoms with E-state index in [4.69, 9.17) is 14.2 Å². The third kappa shape index (κ3) is 5.35. The predicted molar refractivity (Wildman–Crippen MR) is 105 cm³/mol. The summed E-state index contributed by atoms with van der Waals surface area (Å²) in [5.74, 6) is 1.14. The van der Waals surface area contributed by atoms with E-state index >= 15 is 0 Å². The molecule has 0 saturated carbocycles. The Bertz CT molecular complexity index is 865. The maximum atomic E-state index is 11.9. The molecule has 0 bridgehead atoms. The normalized spacial score (nSPS) is 10.8. The fourth-order valence-electron chi connectivity index (χ4n) is 2.56. The lowest BCUT2D eigenvalue weighted by Crippen LogP contribution is -2.08. The molecule has 0 N–H and O–H groups in total. The van der Waals surface area contributed by atoms with Crippen molar-refractivity contribution in [2.45, 2.75) is 26.2 Å². The average Bonchev–Trinajstić information content (AvgIpc) is 2.71. The van der Waals surface area contributed by atoms with Crippen molar-refractivity contribution in [3.8, 4) is 23.3 Å². The minimum atomic E-state index is -0.287. The van der Waals surface area contributed by atoms with Crippen molar-refractivity contribution in [1.29, 1.82) is 5.26 Å². The number of esters is 1. The molecule has 0 amide bonds. The maximum Gasteiger partial charge on any atom is 0.311 e. The zero-order valence-corrected chi connectivity index (χ0v) is 15.8. The molecule has 0 atom stereocenters. The molecule has 0 aromatic heterocycles. The summed E-state index contributed by atoms with van der Waals surface area (Å²) < 4.78 is 16.1. The summed E-state index contributed by atoms with van der Waals surface area (Å²) in [7, 11) is 3.08. The Morgan fingerprint density at radius 2 is 1.81 bits per heavy atom. The predicted octanol–water partition coefficient (Wildman–Crippen LogP) is 4.86. The molecule has 0 heterocycles. The van der Waals surface area contributed by atoms with Gasteiger partial charge in [-0.2, -0.15) is 5.26 Å². The molecule has 140 valence electrons. The van der Waals surface area contributed by atoms with Gasteiger partial charge in [-0.1, -0.05) is 31.5 Å². The third-order valence-corrected chi connectivity index (χ3v) is 3.97. The number of carbonyl (C=O) groups excluding carboxylic acids is 1. The lowest BCUT2D eigenvalue weighted by atomic mass is 10.0. The molecule has 0 aliphatic carbocycles. The number of hydrogen-bond acceptors (Lipinski definition) is 5. The van der Waals surface area contributed by atoms with Crippen LogP contribution in [0.5, 0.6) is 17.2 Å². The number of hydrogen-bond donors (Lipinski definition) is 0. The fraction of sp³-hybridized carbons (Fsp3) is 0.273. The van der Waals surface area contributed by atoms with Crippen LogP contribution in [0, 0.1) is 11.3 Å². The lowest BCUT2D eigenvalue weighted by molar-refractivity contribution is -0.134. The van der Waals surface area contributed by atoms with Crippen LogP contribution in [0.15, 0.2) is 42.5 Å². The Morgan fingerprint density at radius 1 is 1.07 bits per heavy atom. The van der Waals surface area contributed by atoms with Crippen LogP contribution in [-0.2, 0) is 4.79 Å². The summed E-state index contributed by atoms with van der Waals surface area (Å²) in [6, 6.07) is 14.7. The van der Waals surface area contributed by atoms with E-state index in [0.29, 0.717) is 34.8 Å². The quantitative estimate of drug-likeness (QED) is 0.289. The van der Waals surface area contributed by atoms with Gasteiger partial charge in [0.1, 0.15) is 5.75 Å². The molecule has 5 nitrogen and oxygen atoms in total. The SMILES string of the molecule is CCCCC(=O)Oc1ccc(/C=C(/C#N)c2ccccc2OC)cc1OC. The molecule has 2 aromatic carbocycles.